The van der Waals surface area contributed by atoms with Crippen molar-refractivity contribution < 1.29 is 9.59 Å². The van der Waals surface area contributed by atoms with Gasteiger partial charge in [-0.1, -0.05) is 29.8 Å². The summed E-state index contributed by atoms with van der Waals surface area (Å²) >= 11 is 6.15. The molecule has 0 bridgehead atoms. The molecule has 1 unspecified atom stereocenters. The van der Waals surface area contributed by atoms with Crippen LogP contribution in [0.4, 0.5) is 11.4 Å². The highest BCUT2D eigenvalue weighted by atomic mass is 35.5. The molecule has 3 N–H and O–H groups in total. The van der Waals surface area contributed by atoms with Crippen molar-refractivity contribution in [2.24, 2.45) is 0 Å². The predicted octanol–water partition coefficient (Wildman–Crippen LogP) is 2.82. The first-order chi connectivity index (χ1) is 13.5. The molecule has 3 rings (SSSR count). The summed E-state index contributed by atoms with van der Waals surface area (Å²) in [6.07, 6.45) is 0. The molecule has 2 aromatic carbocycles. The van der Waals surface area contributed by atoms with E-state index in [1.165, 1.54) is 0 Å². The molecule has 1 saturated heterocycles. The van der Waals surface area contributed by atoms with Crippen molar-refractivity contribution >= 4 is 34.8 Å². The van der Waals surface area contributed by atoms with Gasteiger partial charge in [0.15, 0.2) is 0 Å². The maximum Gasteiger partial charge on any atom is 0.252 e. The molecule has 0 radical (unpaired) electrons. The first-order valence-corrected chi connectivity index (χ1v) is 9.76. The molecule has 0 aromatic heterocycles. The van der Waals surface area contributed by atoms with Crippen molar-refractivity contribution in [3.05, 3.63) is 58.6 Å². The fourth-order valence-electron chi connectivity index (χ4n) is 3.20. The molecule has 0 aliphatic carbocycles. The van der Waals surface area contributed by atoms with Gasteiger partial charge in [0.1, 0.15) is 6.04 Å². The molecule has 6 nitrogen and oxygen atoms in total. The lowest BCUT2D eigenvalue weighted by atomic mass is 10.1. The number of amides is 2. The number of piperazine rings is 1. The first kappa shape index (κ1) is 20.2. The van der Waals surface area contributed by atoms with Gasteiger partial charge in [0.05, 0.1) is 11.4 Å². The minimum Gasteiger partial charge on any atom is -0.367 e. The Labute approximate surface area is 170 Å². The van der Waals surface area contributed by atoms with Crippen molar-refractivity contribution in [2.75, 3.05) is 36.4 Å². The summed E-state index contributed by atoms with van der Waals surface area (Å²) < 4.78 is 0. The van der Waals surface area contributed by atoms with E-state index in [0.29, 0.717) is 16.3 Å². The van der Waals surface area contributed by atoms with E-state index in [1.807, 2.05) is 31.2 Å². The molecule has 1 aliphatic rings. The lowest BCUT2D eigenvalue weighted by Gasteiger charge is -2.31. The minimum absolute atomic E-state index is 0.269. The zero-order valence-corrected chi connectivity index (χ0v) is 16.8. The number of anilines is 2. The molecular formula is C21H25ClN4O2. The van der Waals surface area contributed by atoms with E-state index in [1.54, 1.807) is 25.1 Å². The van der Waals surface area contributed by atoms with E-state index in [0.717, 1.165) is 37.4 Å². The molecular weight excluding hydrogens is 376 g/mol. The van der Waals surface area contributed by atoms with Crippen LogP contribution in [-0.2, 0) is 4.79 Å². The third kappa shape index (κ3) is 4.82. The van der Waals surface area contributed by atoms with Gasteiger partial charge >= 0.3 is 0 Å². The Morgan fingerprint density at radius 3 is 2.57 bits per heavy atom. The van der Waals surface area contributed by atoms with E-state index in [9.17, 15) is 9.59 Å². The Kier molecular flexibility index (Phi) is 6.54. The number of rotatable bonds is 5. The molecule has 148 valence electrons. The lowest BCUT2D eigenvalue weighted by molar-refractivity contribution is -0.117. The van der Waals surface area contributed by atoms with Crippen LogP contribution >= 0.6 is 11.6 Å². The van der Waals surface area contributed by atoms with Crippen molar-refractivity contribution in [3.8, 4) is 0 Å². The number of hydrogen-bond acceptors (Lipinski definition) is 4. The third-order valence-electron chi connectivity index (χ3n) is 4.80. The second kappa shape index (κ2) is 9.08. The molecule has 1 heterocycles. The summed E-state index contributed by atoms with van der Waals surface area (Å²) in [4.78, 5) is 27.4. The Bertz CT molecular complexity index is 865. The smallest absolute Gasteiger partial charge is 0.252 e. The van der Waals surface area contributed by atoms with Gasteiger partial charge in [0.25, 0.3) is 5.91 Å². The third-order valence-corrected chi connectivity index (χ3v) is 5.04. The quantitative estimate of drug-likeness (QED) is 0.721. The zero-order chi connectivity index (χ0) is 20.1. The molecule has 2 aromatic rings. The predicted molar refractivity (Wildman–Crippen MR) is 113 cm³/mol. The number of aryl methyl sites for hydroxylation is 1. The number of nitrogens with zero attached hydrogens (tertiary/aromatic N) is 1. The van der Waals surface area contributed by atoms with Crippen LogP contribution in [0, 0.1) is 6.92 Å². The summed E-state index contributed by atoms with van der Waals surface area (Å²) in [6.45, 7) is 7.01. The topological polar surface area (TPSA) is 73.5 Å². The van der Waals surface area contributed by atoms with Crippen LogP contribution in [0.15, 0.2) is 42.5 Å². The summed E-state index contributed by atoms with van der Waals surface area (Å²) in [7, 11) is 0. The molecule has 0 saturated carbocycles. The molecule has 7 heteroatoms. The van der Waals surface area contributed by atoms with Gasteiger partial charge < -0.3 is 20.9 Å². The van der Waals surface area contributed by atoms with Crippen LogP contribution < -0.4 is 20.9 Å². The Morgan fingerprint density at radius 2 is 1.86 bits per heavy atom. The molecule has 0 spiro atoms. The minimum atomic E-state index is -0.693. The van der Waals surface area contributed by atoms with Crippen LogP contribution in [0.2, 0.25) is 5.02 Å². The zero-order valence-electron chi connectivity index (χ0n) is 16.1. The van der Waals surface area contributed by atoms with E-state index in [4.69, 9.17) is 11.6 Å². The molecule has 1 aliphatic heterocycles. The van der Waals surface area contributed by atoms with Crippen molar-refractivity contribution in [3.63, 3.8) is 0 Å². The van der Waals surface area contributed by atoms with Gasteiger partial charge in [-0.15, -0.1) is 0 Å². The molecule has 1 fully saturated rings. The molecule has 28 heavy (non-hydrogen) atoms. The Morgan fingerprint density at radius 1 is 1.14 bits per heavy atom. The average Bonchev–Trinajstić information content (AvgIpc) is 2.69. The number of nitrogens with one attached hydrogen (secondary N) is 3. The number of benzene rings is 2. The summed E-state index contributed by atoms with van der Waals surface area (Å²) in [5.41, 5.74) is 3.00. The Hall–Kier alpha value is -2.57. The van der Waals surface area contributed by atoms with Crippen LogP contribution in [0.1, 0.15) is 22.8 Å². The SMILES string of the molecule is Cc1ccccc1C(=O)NC(C)C(=O)Nc1cc(Cl)ccc1N1CCNCC1. The van der Waals surface area contributed by atoms with Gasteiger partial charge in [0.2, 0.25) is 5.91 Å². The van der Waals surface area contributed by atoms with Gasteiger partial charge in [-0.2, -0.15) is 0 Å². The summed E-state index contributed by atoms with van der Waals surface area (Å²) in [6, 6.07) is 12.1. The van der Waals surface area contributed by atoms with Gasteiger partial charge in [-0.25, -0.2) is 0 Å². The highest BCUT2D eigenvalue weighted by molar-refractivity contribution is 6.31. The number of hydrogen-bond donors (Lipinski definition) is 3. The molecule has 2 amide bonds. The normalized spacial score (nSPS) is 15.0. The average molecular weight is 401 g/mol. The molecule has 1 atom stereocenters. The van der Waals surface area contributed by atoms with Crippen LogP contribution in [0.3, 0.4) is 0 Å². The van der Waals surface area contributed by atoms with E-state index >= 15 is 0 Å². The van der Waals surface area contributed by atoms with Crippen molar-refractivity contribution in [1.82, 2.24) is 10.6 Å². The standard InChI is InChI=1S/C21H25ClN4O2/c1-14-5-3-4-6-17(14)21(28)24-15(2)20(27)25-18-13-16(22)7-8-19(18)26-11-9-23-10-12-26/h3-8,13,15,23H,9-12H2,1-2H3,(H,24,28)(H,25,27). The monoisotopic (exact) mass is 400 g/mol. The van der Waals surface area contributed by atoms with Crippen molar-refractivity contribution in [2.45, 2.75) is 19.9 Å². The van der Waals surface area contributed by atoms with E-state index in [-0.39, 0.29) is 11.8 Å². The fourth-order valence-corrected chi connectivity index (χ4v) is 3.37. The number of halogens is 1. The summed E-state index contributed by atoms with van der Waals surface area (Å²) in [5, 5.41) is 9.54. The number of carbonyl (C=O) groups is 2. The highest BCUT2D eigenvalue weighted by Gasteiger charge is 2.21. The largest absolute Gasteiger partial charge is 0.367 e. The number of carbonyl (C=O) groups excluding carboxylic acids is 2. The van der Waals surface area contributed by atoms with Crippen LogP contribution in [-0.4, -0.2) is 44.0 Å². The van der Waals surface area contributed by atoms with Crippen LogP contribution in [0.25, 0.3) is 0 Å². The summed E-state index contributed by atoms with van der Waals surface area (Å²) in [5.74, 6) is -0.560. The highest BCUT2D eigenvalue weighted by Crippen LogP contribution is 2.29. The van der Waals surface area contributed by atoms with Gasteiger partial charge in [0, 0.05) is 36.8 Å². The van der Waals surface area contributed by atoms with Gasteiger partial charge in [-0.05, 0) is 43.7 Å². The Balaban J connectivity index is 1.71. The first-order valence-electron chi connectivity index (χ1n) is 9.38. The van der Waals surface area contributed by atoms with Crippen LogP contribution in [0.5, 0.6) is 0 Å². The van der Waals surface area contributed by atoms with Crippen molar-refractivity contribution in [1.29, 1.82) is 0 Å². The lowest BCUT2D eigenvalue weighted by Crippen LogP contribution is -2.44. The second-order valence-electron chi connectivity index (χ2n) is 6.90. The van der Waals surface area contributed by atoms with E-state index in [2.05, 4.69) is 20.9 Å². The maximum atomic E-state index is 12.7. The fraction of sp³-hybridized carbons (Fsp3) is 0.333. The van der Waals surface area contributed by atoms with E-state index < -0.39 is 6.04 Å². The van der Waals surface area contributed by atoms with Gasteiger partial charge in [-0.3, -0.25) is 9.59 Å². The second-order valence-corrected chi connectivity index (χ2v) is 7.33. The maximum absolute atomic E-state index is 12.7.